The molecule has 1 aliphatic rings. The molecule has 1 aromatic carbocycles. The van der Waals surface area contributed by atoms with Crippen molar-refractivity contribution in [2.45, 2.75) is 26.2 Å². The van der Waals surface area contributed by atoms with E-state index in [0.29, 0.717) is 17.8 Å². The molecule has 0 saturated carbocycles. The van der Waals surface area contributed by atoms with Crippen molar-refractivity contribution in [2.24, 2.45) is 5.92 Å². The molecule has 3 N–H and O–H groups in total. The van der Waals surface area contributed by atoms with Gasteiger partial charge in [-0.2, -0.15) is 0 Å². The van der Waals surface area contributed by atoms with Gasteiger partial charge in [0.25, 0.3) is 0 Å². The average Bonchev–Trinajstić information content (AvgIpc) is 2.39. The van der Waals surface area contributed by atoms with Crippen LogP contribution in [0.2, 0.25) is 0 Å². The second-order valence-corrected chi connectivity index (χ2v) is 5.43. The zero-order chi connectivity index (χ0) is 13.7. The number of carbonyl (C=O) groups is 1. The third kappa shape index (κ3) is 4.24. The van der Waals surface area contributed by atoms with E-state index in [1.54, 1.807) is 6.07 Å². The van der Waals surface area contributed by atoms with Crippen LogP contribution in [0.4, 0.5) is 11.4 Å². The summed E-state index contributed by atoms with van der Waals surface area (Å²) in [7, 11) is 0. The monoisotopic (exact) mass is 261 g/mol. The molecule has 1 saturated heterocycles. The first-order valence-electron chi connectivity index (χ1n) is 7.02. The first-order valence-corrected chi connectivity index (χ1v) is 7.02. The lowest BCUT2D eigenvalue weighted by molar-refractivity contribution is -0.116. The van der Waals surface area contributed by atoms with Crippen LogP contribution >= 0.6 is 0 Å². The van der Waals surface area contributed by atoms with Crippen LogP contribution in [0.15, 0.2) is 24.3 Å². The predicted octanol–water partition coefficient (Wildman–Crippen LogP) is 2.33. The first kappa shape index (κ1) is 13.9. The Hall–Kier alpha value is -1.55. The van der Waals surface area contributed by atoms with E-state index < -0.39 is 0 Å². The van der Waals surface area contributed by atoms with Gasteiger partial charge in [0.2, 0.25) is 5.91 Å². The highest BCUT2D eigenvalue weighted by atomic mass is 16.1. The number of amides is 1. The number of benzene rings is 1. The fourth-order valence-corrected chi connectivity index (χ4v) is 2.57. The molecule has 1 aliphatic heterocycles. The molecule has 0 aromatic heterocycles. The molecule has 0 spiro atoms. The molecule has 1 atom stereocenters. The number of nitrogens with two attached hydrogens (primary N) is 1. The Morgan fingerprint density at radius 3 is 3.00 bits per heavy atom. The molecule has 0 bridgehead atoms. The molecule has 1 amide bonds. The lowest BCUT2D eigenvalue weighted by Gasteiger charge is -2.30. The number of para-hydroxylation sites is 2. The van der Waals surface area contributed by atoms with Gasteiger partial charge >= 0.3 is 0 Å². The molecule has 1 heterocycles. The Bertz CT molecular complexity index is 433. The molecular weight excluding hydrogens is 238 g/mol. The fourth-order valence-electron chi connectivity index (χ4n) is 2.57. The maximum absolute atomic E-state index is 11.9. The smallest absolute Gasteiger partial charge is 0.225 e. The molecular formula is C15H23N3O. The Kier molecular flexibility index (Phi) is 4.80. The molecule has 104 valence electrons. The minimum absolute atomic E-state index is 0.0381. The zero-order valence-corrected chi connectivity index (χ0v) is 11.6. The second kappa shape index (κ2) is 6.57. The van der Waals surface area contributed by atoms with Gasteiger partial charge in [0.15, 0.2) is 0 Å². The lowest BCUT2D eigenvalue weighted by Crippen LogP contribution is -2.36. The van der Waals surface area contributed by atoms with Crippen molar-refractivity contribution in [2.75, 3.05) is 30.7 Å². The van der Waals surface area contributed by atoms with Crippen molar-refractivity contribution < 1.29 is 4.79 Å². The maximum atomic E-state index is 11.9. The van der Waals surface area contributed by atoms with Crippen LogP contribution in [0.1, 0.15) is 26.2 Å². The summed E-state index contributed by atoms with van der Waals surface area (Å²) in [6.45, 7) is 5.34. The van der Waals surface area contributed by atoms with Crippen molar-refractivity contribution in [3.05, 3.63) is 24.3 Å². The van der Waals surface area contributed by atoms with Gasteiger partial charge in [0.05, 0.1) is 11.4 Å². The minimum Gasteiger partial charge on any atom is -0.397 e. The number of likely N-dealkylation sites (tertiary alicyclic amines) is 1. The number of nitrogen functional groups attached to an aromatic ring is 1. The van der Waals surface area contributed by atoms with Crippen LogP contribution in [0.3, 0.4) is 0 Å². The highest BCUT2D eigenvalue weighted by molar-refractivity contribution is 5.93. The Balaban J connectivity index is 1.77. The molecule has 1 unspecified atom stereocenters. The van der Waals surface area contributed by atoms with Gasteiger partial charge in [-0.25, -0.2) is 0 Å². The summed E-state index contributed by atoms with van der Waals surface area (Å²) in [5.74, 6) is 0.790. The normalized spacial score (nSPS) is 20.2. The number of hydrogen-bond donors (Lipinski definition) is 2. The number of rotatable bonds is 4. The van der Waals surface area contributed by atoms with E-state index >= 15 is 0 Å². The van der Waals surface area contributed by atoms with Gasteiger partial charge in [-0.15, -0.1) is 0 Å². The first-order chi connectivity index (χ1) is 9.15. The van der Waals surface area contributed by atoms with Gasteiger partial charge in [0.1, 0.15) is 0 Å². The summed E-state index contributed by atoms with van der Waals surface area (Å²) in [4.78, 5) is 14.3. The summed E-state index contributed by atoms with van der Waals surface area (Å²) in [6, 6.07) is 7.36. The number of anilines is 2. The molecule has 4 heteroatoms. The van der Waals surface area contributed by atoms with Gasteiger partial charge in [0, 0.05) is 19.5 Å². The van der Waals surface area contributed by atoms with Crippen molar-refractivity contribution >= 4 is 17.3 Å². The third-order valence-electron chi connectivity index (χ3n) is 3.63. The fraction of sp³-hybridized carbons (Fsp3) is 0.533. The van der Waals surface area contributed by atoms with Gasteiger partial charge in [-0.1, -0.05) is 19.1 Å². The van der Waals surface area contributed by atoms with Crippen LogP contribution in [-0.4, -0.2) is 30.4 Å². The Labute approximate surface area is 115 Å². The summed E-state index contributed by atoms with van der Waals surface area (Å²) < 4.78 is 0. The van der Waals surface area contributed by atoms with Crippen LogP contribution in [0.25, 0.3) is 0 Å². The van der Waals surface area contributed by atoms with E-state index in [1.165, 1.54) is 12.8 Å². The number of nitrogens with zero attached hydrogens (tertiary/aromatic N) is 1. The lowest BCUT2D eigenvalue weighted by atomic mass is 10.0. The largest absolute Gasteiger partial charge is 0.397 e. The van der Waals surface area contributed by atoms with Crippen LogP contribution < -0.4 is 11.1 Å². The van der Waals surface area contributed by atoms with Crippen LogP contribution in [-0.2, 0) is 4.79 Å². The summed E-state index contributed by atoms with van der Waals surface area (Å²) in [6.07, 6.45) is 3.08. The van der Waals surface area contributed by atoms with E-state index in [4.69, 9.17) is 5.73 Å². The topological polar surface area (TPSA) is 58.4 Å². The van der Waals surface area contributed by atoms with Crippen molar-refractivity contribution in [3.8, 4) is 0 Å². The number of carbonyl (C=O) groups excluding carboxylic acids is 1. The molecule has 1 aromatic rings. The van der Waals surface area contributed by atoms with Crippen LogP contribution in [0.5, 0.6) is 0 Å². The second-order valence-electron chi connectivity index (χ2n) is 5.43. The average molecular weight is 261 g/mol. The maximum Gasteiger partial charge on any atom is 0.225 e. The summed E-state index contributed by atoms with van der Waals surface area (Å²) >= 11 is 0. The zero-order valence-electron chi connectivity index (χ0n) is 11.6. The van der Waals surface area contributed by atoms with Crippen molar-refractivity contribution in [1.29, 1.82) is 0 Å². The van der Waals surface area contributed by atoms with E-state index in [2.05, 4.69) is 17.1 Å². The van der Waals surface area contributed by atoms with E-state index in [0.717, 1.165) is 25.6 Å². The van der Waals surface area contributed by atoms with Crippen LogP contribution in [0, 0.1) is 5.92 Å². The molecule has 0 radical (unpaired) electrons. The highest BCUT2D eigenvalue weighted by Crippen LogP contribution is 2.18. The molecule has 0 aliphatic carbocycles. The van der Waals surface area contributed by atoms with Crippen molar-refractivity contribution in [3.63, 3.8) is 0 Å². The number of nitrogens with one attached hydrogen (secondary N) is 1. The molecule has 19 heavy (non-hydrogen) atoms. The predicted molar refractivity (Wildman–Crippen MR) is 78.9 cm³/mol. The highest BCUT2D eigenvalue weighted by Gasteiger charge is 2.16. The van der Waals surface area contributed by atoms with E-state index in [9.17, 15) is 4.79 Å². The molecule has 1 fully saturated rings. The minimum atomic E-state index is 0.0381. The SMILES string of the molecule is CC1CCCN(CCC(=O)Nc2ccccc2N)C1. The van der Waals surface area contributed by atoms with Crippen molar-refractivity contribution in [1.82, 2.24) is 4.90 Å². The summed E-state index contributed by atoms with van der Waals surface area (Å²) in [5, 5.41) is 2.87. The molecule has 4 nitrogen and oxygen atoms in total. The van der Waals surface area contributed by atoms with Gasteiger partial charge < -0.3 is 16.0 Å². The van der Waals surface area contributed by atoms with Gasteiger partial charge in [-0.3, -0.25) is 4.79 Å². The van der Waals surface area contributed by atoms with E-state index in [-0.39, 0.29) is 5.91 Å². The number of hydrogen-bond acceptors (Lipinski definition) is 3. The number of piperidine rings is 1. The summed E-state index contributed by atoms with van der Waals surface area (Å²) in [5.41, 5.74) is 7.12. The quantitative estimate of drug-likeness (QED) is 0.818. The van der Waals surface area contributed by atoms with Gasteiger partial charge in [-0.05, 0) is 37.4 Å². The Morgan fingerprint density at radius 2 is 2.26 bits per heavy atom. The third-order valence-corrected chi connectivity index (χ3v) is 3.63. The Morgan fingerprint density at radius 1 is 1.47 bits per heavy atom. The van der Waals surface area contributed by atoms with E-state index in [1.807, 2.05) is 18.2 Å². The standard InChI is InChI=1S/C15H23N3O/c1-12-5-4-9-18(11-12)10-8-15(19)17-14-7-3-2-6-13(14)16/h2-3,6-7,12H,4-5,8-11,16H2,1H3,(H,17,19). The molecule has 2 rings (SSSR count).